The van der Waals surface area contributed by atoms with Crippen molar-refractivity contribution >= 4 is 0 Å². The zero-order valence-electron chi connectivity index (χ0n) is 7.94. The minimum absolute atomic E-state index is 0.0821. The predicted molar refractivity (Wildman–Crippen MR) is 53.7 cm³/mol. The average Bonchev–Trinajstić information content (AvgIpc) is 2.74. The van der Waals surface area contributed by atoms with Crippen LogP contribution in [0.15, 0.2) is 36.7 Å². The molecule has 0 spiro atoms. The van der Waals surface area contributed by atoms with Gasteiger partial charge in [-0.05, 0) is 12.6 Å². The number of H-pyrrole nitrogens is 1. The standard InChI is InChI=1S/C10H12N4/c1-11-9(10-12-7-13-14-10)8-5-3-2-4-6-8/h2-7,9,11H,1H3,(H,12,13,14)/t9-/m0/s1. The lowest BCUT2D eigenvalue weighted by Gasteiger charge is -2.12. The monoisotopic (exact) mass is 188 g/mol. The molecule has 1 atom stereocenters. The zero-order valence-corrected chi connectivity index (χ0v) is 7.94. The number of hydrogen-bond acceptors (Lipinski definition) is 3. The summed E-state index contributed by atoms with van der Waals surface area (Å²) < 4.78 is 0. The number of benzene rings is 1. The smallest absolute Gasteiger partial charge is 0.145 e. The SMILES string of the molecule is CN[C@@H](c1ccccc1)c1ncn[nH]1. The van der Waals surface area contributed by atoms with Crippen LogP contribution in [-0.2, 0) is 0 Å². The summed E-state index contributed by atoms with van der Waals surface area (Å²) in [5.74, 6) is 0.832. The summed E-state index contributed by atoms with van der Waals surface area (Å²) in [6.07, 6.45) is 1.52. The van der Waals surface area contributed by atoms with Gasteiger partial charge in [0.15, 0.2) is 0 Å². The van der Waals surface area contributed by atoms with Gasteiger partial charge in [-0.1, -0.05) is 30.3 Å². The molecule has 0 saturated carbocycles. The Kier molecular flexibility index (Phi) is 2.55. The van der Waals surface area contributed by atoms with E-state index in [-0.39, 0.29) is 6.04 Å². The second kappa shape index (κ2) is 4.02. The molecule has 0 aliphatic rings. The van der Waals surface area contributed by atoms with Gasteiger partial charge in [-0.2, -0.15) is 5.10 Å². The molecule has 4 heteroatoms. The molecule has 2 N–H and O–H groups in total. The average molecular weight is 188 g/mol. The van der Waals surface area contributed by atoms with Gasteiger partial charge < -0.3 is 5.32 Å². The van der Waals surface area contributed by atoms with E-state index in [1.165, 1.54) is 11.9 Å². The van der Waals surface area contributed by atoms with E-state index in [9.17, 15) is 0 Å². The predicted octanol–water partition coefficient (Wildman–Crippen LogP) is 1.11. The normalized spacial score (nSPS) is 12.6. The highest BCUT2D eigenvalue weighted by molar-refractivity contribution is 5.23. The molecule has 1 heterocycles. The van der Waals surface area contributed by atoms with Gasteiger partial charge in [-0.3, -0.25) is 5.10 Å². The van der Waals surface area contributed by atoms with Crippen LogP contribution in [0.5, 0.6) is 0 Å². The van der Waals surface area contributed by atoms with Crippen LogP contribution < -0.4 is 5.32 Å². The summed E-state index contributed by atoms with van der Waals surface area (Å²) in [7, 11) is 1.90. The fraction of sp³-hybridized carbons (Fsp3) is 0.200. The number of nitrogens with zero attached hydrogens (tertiary/aromatic N) is 2. The van der Waals surface area contributed by atoms with E-state index in [0.29, 0.717) is 0 Å². The molecule has 1 aromatic carbocycles. The highest BCUT2D eigenvalue weighted by Gasteiger charge is 2.13. The van der Waals surface area contributed by atoms with Crippen molar-refractivity contribution in [2.45, 2.75) is 6.04 Å². The fourth-order valence-electron chi connectivity index (χ4n) is 1.46. The maximum absolute atomic E-state index is 4.13. The quantitative estimate of drug-likeness (QED) is 0.758. The molecule has 0 saturated heterocycles. The molecule has 0 fully saturated rings. The fourth-order valence-corrected chi connectivity index (χ4v) is 1.46. The Morgan fingerprint density at radius 1 is 1.29 bits per heavy atom. The van der Waals surface area contributed by atoms with E-state index in [0.717, 1.165) is 5.82 Å². The molecular formula is C10H12N4. The summed E-state index contributed by atoms with van der Waals surface area (Å²) in [6, 6.07) is 10.2. The van der Waals surface area contributed by atoms with Gasteiger partial charge >= 0.3 is 0 Å². The lowest BCUT2D eigenvalue weighted by Crippen LogP contribution is -2.18. The Hall–Kier alpha value is -1.68. The van der Waals surface area contributed by atoms with Crippen LogP contribution in [0.1, 0.15) is 17.4 Å². The highest BCUT2D eigenvalue weighted by Crippen LogP contribution is 2.16. The van der Waals surface area contributed by atoms with Crippen molar-refractivity contribution in [3.05, 3.63) is 48.0 Å². The summed E-state index contributed by atoms with van der Waals surface area (Å²) in [5, 5.41) is 9.89. The van der Waals surface area contributed by atoms with Crippen molar-refractivity contribution in [3.8, 4) is 0 Å². The van der Waals surface area contributed by atoms with Crippen molar-refractivity contribution in [1.82, 2.24) is 20.5 Å². The van der Waals surface area contributed by atoms with Crippen LogP contribution in [0.4, 0.5) is 0 Å². The second-order valence-electron chi connectivity index (χ2n) is 3.00. The molecule has 2 aromatic rings. The van der Waals surface area contributed by atoms with E-state index >= 15 is 0 Å². The van der Waals surface area contributed by atoms with Gasteiger partial charge in [0.05, 0.1) is 6.04 Å². The number of nitrogens with one attached hydrogen (secondary N) is 2. The van der Waals surface area contributed by atoms with Gasteiger partial charge in [0, 0.05) is 0 Å². The highest BCUT2D eigenvalue weighted by atomic mass is 15.2. The summed E-state index contributed by atoms with van der Waals surface area (Å²) in [5.41, 5.74) is 1.17. The third-order valence-corrected chi connectivity index (χ3v) is 2.13. The lowest BCUT2D eigenvalue weighted by molar-refractivity contribution is 0.650. The molecule has 0 radical (unpaired) electrons. The van der Waals surface area contributed by atoms with E-state index < -0.39 is 0 Å². The topological polar surface area (TPSA) is 53.6 Å². The van der Waals surface area contributed by atoms with Crippen molar-refractivity contribution < 1.29 is 0 Å². The van der Waals surface area contributed by atoms with Crippen molar-refractivity contribution in [2.75, 3.05) is 7.05 Å². The molecule has 0 amide bonds. The number of hydrogen-bond donors (Lipinski definition) is 2. The first-order valence-corrected chi connectivity index (χ1v) is 4.49. The van der Waals surface area contributed by atoms with E-state index in [1.54, 1.807) is 0 Å². The van der Waals surface area contributed by atoms with Gasteiger partial charge in [0.25, 0.3) is 0 Å². The minimum atomic E-state index is 0.0821. The largest absolute Gasteiger partial charge is 0.307 e. The van der Waals surface area contributed by atoms with E-state index in [4.69, 9.17) is 0 Å². The molecule has 14 heavy (non-hydrogen) atoms. The Labute approximate surface area is 82.4 Å². The minimum Gasteiger partial charge on any atom is -0.307 e. The van der Waals surface area contributed by atoms with Crippen LogP contribution in [0, 0.1) is 0 Å². The van der Waals surface area contributed by atoms with Crippen LogP contribution in [-0.4, -0.2) is 22.2 Å². The Morgan fingerprint density at radius 2 is 2.07 bits per heavy atom. The molecule has 4 nitrogen and oxygen atoms in total. The summed E-state index contributed by atoms with van der Waals surface area (Å²) in [6.45, 7) is 0. The first-order valence-electron chi connectivity index (χ1n) is 4.49. The molecule has 1 aromatic heterocycles. The Balaban J connectivity index is 2.31. The van der Waals surface area contributed by atoms with E-state index in [1.807, 2.05) is 25.2 Å². The summed E-state index contributed by atoms with van der Waals surface area (Å²) >= 11 is 0. The van der Waals surface area contributed by atoms with Gasteiger partial charge in [0.2, 0.25) is 0 Å². The number of aromatic nitrogens is 3. The lowest BCUT2D eigenvalue weighted by atomic mass is 10.1. The second-order valence-corrected chi connectivity index (χ2v) is 3.00. The van der Waals surface area contributed by atoms with Gasteiger partial charge in [-0.15, -0.1) is 0 Å². The number of rotatable bonds is 3. The molecule has 2 rings (SSSR count). The molecular weight excluding hydrogens is 176 g/mol. The number of aromatic amines is 1. The maximum atomic E-state index is 4.13. The first kappa shape index (κ1) is 8.90. The maximum Gasteiger partial charge on any atom is 0.145 e. The Morgan fingerprint density at radius 3 is 2.64 bits per heavy atom. The van der Waals surface area contributed by atoms with Gasteiger partial charge in [0.1, 0.15) is 12.2 Å². The first-order chi connectivity index (χ1) is 6.92. The van der Waals surface area contributed by atoms with Crippen molar-refractivity contribution in [3.63, 3.8) is 0 Å². The van der Waals surface area contributed by atoms with Gasteiger partial charge in [-0.25, -0.2) is 4.98 Å². The van der Waals surface area contributed by atoms with Crippen molar-refractivity contribution in [1.29, 1.82) is 0 Å². The van der Waals surface area contributed by atoms with E-state index in [2.05, 4.69) is 32.6 Å². The molecule has 72 valence electrons. The van der Waals surface area contributed by atoms with Crippen molar-refractivity contribution in [2.24, 2.45) is 0 Å². The summed E-state index contributed by atoms with van der Waals surface area (Å²) in [4.78, 5) is 4.13. The molecule has 0 bridgehead atoms. The van der Waals surface area contributed by atoms with Crippen LogP contribution in [0.2, 0.25) is 0 Å². The third kappa shape index (κ3) is 1.65. The van der Waals surface area contributed by atoms with Crippen LogP contribution in [0.3, 0.4) is 0 Å². The zero-order chi connectivity index (χ0) is 9.80. The van der Waals surface area contributed by atoms with Crippen LogP contribution in [0.25, 0.3) is 0 Å². The molecule has 0 aliphatic heterocycles. The van der Waals surface area contributed by atoms with Crippen LogP contribution >= 0.6 is 0 Å². The molecule has 0 aliphatic carbocycles. The Bertz CT molecular complexity index is 368. The third-order valence-electron chi connectivity index (χ3n) is 2.13. The molecule has 0 unspecified atom stereocenters.